The third-order valence-corrected chi connectivity index (χ3v) is 8.24. The number of hydrogen-bond donors (Lipinski definition) is 1. The molecule has 3 rings (SSSR count). The second-order valence-electron chi connectivity index (χ2n) is 11.1. The van der Waals surface area contributed by atoms with Gasteiger partial charge in [0.1, 0.15) is 25.8 Å². The van der Waals surface area contributed by atoms with Crippen molar-refractivity contribution in [1.29, 1.82) is 0 Å². The normalized spacial score (nSPS) is 21.1. The molecule has 0 aromatic heterocycles. The largest absolute Gasteiger partial charge is 0.507 e. The first-order valence-electron chi connectivity index (χ1n) is 15.5. The molecule has 5 nitrogen and oxygen atoms in total. The van der Waals surface area contributed by atoms with Gasteiger partial charge in [0.25, 0.3) is 0 Å². The molecule has 0 spiro atoms. The standard InChI is InChI=1S/C33H50BClO5/c1-5-9-16-37-22-26-21-28(38-17-10-6-2)33(39-18-11-7-3)32(40-26)27-20-25(30(35)31(36)29(27)34)19-24-14-12-23(8-4)13-15-24/h12-15,20,26,28,32-33,36H,5-11,16-19,21-22,34H2,1-4H3/t26-,28-,32?,33+/m0/s1. The van der Waals surface area contributed by atoms with Crippen LogP contribution in [0.15, 0.2) is 30.3 Å². The number of benzene rings is 2. The van der Waals surface area contributed by atoms with Crippen LogP contribution in [0, 0.1) is 0 Å². The van der Waals surface area contributed by atoms with Crippen molar-refractivity contribution in [3.05, 3.63) is 57.6 Å². The quantitative estimate of drug-likeness (QED) is 0.174. The summed E-state index contributed by atoms with van der Waals surface area (Å²) >= 11 is 6.73. The van der Waals surface area contributed by atoms with Gasteiger partial charge >= 0.3 is 0 Å². The van der Waals surface area contributed by atoms with Crippen molar-refractivity contribution < 1.29 is 24.1 Å². The van der Waals surface area contributed by atoms with E-state index in [-0.39, 0.29) is 24.1 Å². The molecular weight excluding hydrogens is 523 g/mol. The fourth-order valence-corrected chi connectivity index (χ4v) is 5.46. The highest BCUT2D eigenvalue weighted by molar-refractivity contribution is 6.40. The lowest BCUT2D eigenvalue weighted by Gasteiger charge is -2.42. The van der Waals surface area contributed by atoms with Crippen LogP contribution >= 0.6 is 11.6 Å². The second kappa shape index (κ2) is 17.4. The lowest BCUT2D eigenvalue weighted by Crippen LogP contribution is -2.49. The van der Waals surface area contributed by atoms with E-state index < -0.39 is 6.10 Å². The zero-order valence-corrected chi connectivity index (χ0v) is 26.1. The Hall–Kier alpha value is -1.57. The molecule has 0 bridgehead atoms. The van der Waals surface area contributed by atoms with Gasteiger partial charge < -0.3 is 24.1 Å². The number of aryl methyl sites for hydroxylation is 1. The van der Waals surface area contributed by atoms with Gasteiger partial charge in [0.2, 0.25) is 0 Å². The first-order chi connectivity index (χ1) is 19.4. The van der Waals surface area contributed by atoms with Crippen molar-refractivity contribution in [3.63, 3.8) is 0 Å². The summed E-state index contributed by atoms with van der Waals surface area (Å²) in [7, 11) is 1.91. The molecule has 2 aromatic carbocycles. The summed E-state index contributed by atoms with van der Waals surface area (Å²) in [6.45, 7) is 11.2. The van der Waals surface area contributed by atoms with Gasteiger partial charge in [-0.1, -0.05) is 88.9 Å². The SMILES string of the molecule is Bc1c(C2O[C@H](COCCCC)C[C@H](OCCCC)[C@H]2OCCCC)cc(Cc2ccc(CC)cc2)c(Cl)c1O. The van der Waals surface area contributed by atoms with Crippen LogP contribution in [0.3, 0.4) is 0 Å². The highest BCUT2D eigenvalue weighted by atomic mass is 35.5. The van der Waals surface area contributed by atoms with Crippen molar-refractivity contribution in [2.24, 2.45) is 0 Å². The minimum absolute atomic E-state index is 0.111. The minimum atomic E-state index is -0.401. The molecule has 4 atom stereocenters. The summed E-state index contributed by atoms with van der Waals surface area (Å²) in [5.41, 5.74) is 4.96. The Kier molecular flexibility index (Phi) is 14.3. The van der Waals surface area contributed by atoms with Gasteiger partial charge in [0.15, 0.2) is 0 Å². The summed E-state index contributed by atoms with van der Waals surface area (Å²) in [6, 6.07) is 10.7. The fraction of sp³-hybridized carbons (Fsp3) is 0.636. The first kappa shape index (κ1) is 32.9. The molecule has 1 unspecified atom stereocenters. The average molecular weight is 573 g/mol. The van der Waals surface area contributed by atoms with Crippen LogP contribution < -0.4 is 5.46 Å². The highest BCUT2D eigenvalue weighted by Crippen LogP contribution is 2.39. The molecule has 0 radical (unpaired) electrons. The molecule has 0 amide bonds. The smallest absolute Gasteiger partial charge is 0.144 e. The summed E-state index contributed by atoms with van der Waals surface area (Å²) in [4.78, 5) is 0. The number of unbranched alkanes of at least 4 members (excludes halogenated alkanes) is 3. The van der Waals surface area contributed by atoms with E-state index in [2.05, 4.69) is 58.0 Å². The Labute approximate surface area is 248 Å². The minimum Gasteiger partial charge on any atom is -0.507 e. The Morgan fingerprint density at radius 2 is 1.55 bits per heavy atom. The summed E-state index contributed by atoms with van der Waals surface area (Å²) in [6.07, 6.45) is 7.63. The summed E-state index contributed by atoms with van der Waals surface area (Å²) < 4.78 is 25.8. The van der Waals surface area contributed by atoms with Crippen LogP contribution in [0.2, 0.25) is 5.02 Å². The molecule has 1 saturated heterocycles. The number of phenols is 1. The average Bonchev–Trinajstić information content (AvgIpc) is 2.97. The molecular formula is C33H50BClO5. The van der Waals surface area contributed by atoms with Crippen LogP contribution in [0.1, 0.15) is 101 Å². The lowest BCUT2D eigenvalue weighted by molar-refractivity contribution is -0.213. The summed E-state index contributed by atoms with van der Waals surface area (Å²) in [5.74, 6) is 0.111. The van der Waals surface area contributed by atoms with Gasteiger partial charge in [-0.05, 0) is 59.8 Å². The number of ether oxygens (including phenoxy) is 4. The van der Waals surface area contributed by atoms with Crippen LogP contribution in [-0.2, 0) is 31.8 Å². The van der Waals surface area contributed by atoms with E-state index in [9.17, 15) is 5.11 Å². The van der Waals surface area contributed by atoms with E-state index >= 15 is 0 Å². The van der Waals surface area contributed by atoms with Crippen LogP contribution in [0.5, 0.6) is 5.75 Å². The third-order valence-electron chi connectivity index (χ3n) is 7.82. The van der Waals surface area contributed by atoms with E-state index in [1.807, 2.05) is 7.85 Å². The Morgan fingerprint density at radius 1 is 0.925 bits per heavy atom. The van der Waals surface area contributed by atoms with Crippen molar-refractivity contribution >= 4 is 24.9 Å². The molecule has 1 aliphatic rings. The molecule has 1 aliphatic heterocycles. The molecule has 1 N–H and O–H groups in total. The molecule has 0 aliphatic carbocycles. The predicted molar refractivity (Wildman–Crippen MR) is 167 cm³/mol. The number of aromatic hydroxyl groups is 1. The fourth-order valence-electron chi connectivity index (χ4n) is 5.20. The molecule has 1 fully saturated rings. The maximum atomic E-state index is 11.2. The topological polar surface area (TPSA) is 57.2 Å². The van der Waals surface area contributed by atoms with Gasteiger partial charge in [-0.3, -0.25) is 0 Å². The maximum Gasteiger partial charge on any atom is 0.144 e. The zero-order chi connectivity index (χ0) is 28.9. The van der Waals surface area contributed by atoms with Crippen molar-refractivity contribution in [2.75, 3.05) is 26.4 Å². The Morgan fingerprint density at radius 3 is 2.20 bits per heavy atom. The third kappa shape index (κ3) is 9.22. The van der Waals surface area contributed by atoms with E-state index in [1.54, 1.807) is 0 Å². The lowest BCUT2D eigenvalue weighted by atomic mass is 9.81. The predicted octanol–water partition coefficient (Wildman–Crippen LogP) is 6.47. The number of halogens is 1. The number of hydrogen-bond acceptors (Lipinski definition) is 5. The molecule has 222 valence electrons. The van der Waals surface area contributed by atoms with E-state index in [0.717, 1.165) is 80.1 Å². The summed E-state index contributed by atoms with van der Waals surface area (Å²) in [5, 5.41) is 11.6. The van der Waals surface area contributed by atoms with E-state index in [4.69, 9.17) is 30.5 Å². The number of phenolic OH excluding ortho intramolecular Hbond substituents is 1. The van der Waals surface area contributed by atoms with Crippen LogP contribution in [0.25, 0.3) is 0 Å². The van der Waals surface area contributed by atoms with Gasteiger partial charge in [-0.2, -0.15) is 0 Å². The molecule has 2 aromatic rings. The highest BCUT2D eigenvalue weighted by Gasteiger charge is 2.42. The Bertz CT molecular complexity index is 1010. The van der Waals surface area contributed by atoms with Crippen molar-refractivity contribution in [3.8, 4) is 5.75 Å². The Balaban J connectivity index is 1.97. The van der Waals surface area contributed by atoms with Crippen molar-refractivity contribution in [2.45, 2.75) is 110 Å². The molecule has 40 heavy (non-hydrogen) atoms. The molecule has 1 heterocycles. The zero-order valence-electron chi connectivity index (χ0n) is 25.3. The van der Waals surface area contributed by atoms with E-state index in [1.165, 1.54) is 5.56 Å². The van der Waals surface area contributed by atoms with Gasteiger partial charge in [-0.25, -0.2) is 0 Å². The first-order valence-corrected chi connectivity index (χ1v) is 15.9. The van der Waals surface area contributed by atoms with Crippen molar-refractivity contribution in [1.82, 2.24) is 0 Å². The van der Waals surface area contributed by atoms with E-state index in [0.29, 0.717) is 31.3 Å². The molecule has 7 heteroatoms. The monoisotopic (exact) mass is 572 g/mol. The van der Waals surface area contributed by atoms with Gasteiger partial charge in [0, 0.05) is 26.2 Å². The van der Waals surface area contributed by atoms with Gasteiger partial charge in [-0.15, -0.1) is 0 Å². The maximum absolute atomic E-state index is 11.2. The number of rotatable bonds is 17. The van der Waals surface area contributed by atoms with Crippen LogP contribution in [-0.4, -0.2) is 57.7 Å². The van der Waals surface area contributed by atoms with Crippen LogP contribution in [0.4, 0.5) is 0 Å². The second-order valence-corrected chi connectivity index (χ2v) is 11.4. The van der Waals surface area contributed by atoms with Gasteiger partial charge in [0.05, 0.1) is 23.8 Å². The molecule has 0 saturated carbocycles.